The fourth-order valence-corrected chi connectivity index (χ4v) is 5.47. The molecule has 5 heteroatoms. The second-order valence-electron chi connectivity index (χ2n) is 10.7. The summed E-state index contributed by atoms with van der Waals surface area (Å²) in [6, 6.07) is 24.9. The van der Waals surface area contributed by atoms with E-state index in [1.54, 1.807) is 7.11 Å². The molecule has 1 heterocycles. The summed E-state index contributed by atoms with van der Waals surface area (Å²) in [6.45, 7) is 6.19. The Kier molecular flexibility index (Phi) is 6.24. The van der Waals surface area contributed by atoms with Gasteiger partial charge in [-0.15, -0.1) is 0 Å². The van der Waals surface area contributed by atoms with Crippen molar-refractivity contribution in [1.82, 2.24) is 0 Å². The van der Waals surface area contributed by atoms with Crippen LogP contribution in [0, 0.1) is 17.7 Å². The number of hydrogen-bond donors (Lipinski definition) is 2. The molecule has 37 heavy (non-hydrogen) atoms. The number of Topliss-reactive ketones (excluding diaryl/α,β-unsaturated/α-hetero) is 1. The third-order valence-electron chi connectivity index (χ3n) is 7.27. The number of ketones is 1. The average Bonchev–Trinajstić information content (AvgIpc) is 2.88. The molecule has 1 aliphatic heterocycles. The zero-order valence-corrected chi connectivity index (χ0v) is 21.7. The number of allylic oxidation sites excluding steroid dienone is 2. The molecule has 0 fully saturated rings. The Bertz CT molecular complexity index is 1420. The lowest BCUT2D eigenvalue weighted by Crippen LogP contribution is -2.45. The summed E-state index contributed by atoms with van der Waals surface area (Å²) in [5.41, 5.74) is 4.99. The molecule has 1 unspecified atom stereocenters. The van der Waals surface area contributed by atoms with Gasteiger partial charge < -0.3 is 9.84 Å². The topological polar surface area (TPSA) is 73.6 Å². The van der Waals surface area contributed by atoms with E-state index in [9.17, 15) is 15.3 Å². The molecule has 1 atom stereocenters. The Morgan fingerprint density at radius 1 is 0.973 bits per heavy atom. The largest absolute Gasteiger partial charge is 0.507 e. The van der Waals surface area contributed by atoms with Crippen LogP contribution in [0.1, 0.15) is 49.3 Å². The number of carbonyl (C=O) groups excluding carboxylic acids is 1. The first kappa shape index (κ1) is 24.6. The molecule has 0 spiro atoms. The maximum Gasteiger partial charge on any atom is 0.162 e. The van der Waals surface area contributed by atoms with Crippen molar-refractivity contribution < 1.29 is 14.6 Å². The smallest absolute Gasteiger partial charge is 0.162 e. The Hall–Kier alpha value is -4.12. The van der Waals surface area contributed by atoms with Gasteiger partial charge in [0.15, 0.2) is 5.78 Å². The maximum absolute atomic E-state index is 13.9. The Morgan fingerprint density at radius 2 is 1.62 bits per heavy atom. The minimum absolute atomic E-state index is 0.0101. The fourth-order valence-electron chi connectivity index (χ4n) is 5.47. The number of aliphatic hydroxyl groups is 1. The number of nitrogens with zero attached hydrogens (tertiary/aromatic N) is 1. The van der Waals surface area contributed by atoms with Gasteiger partial charge in [-0.2, -0.15) is 0 Å². The molecule has 1 aliphatic carbocycles. The second kappa shape index (κ2) is 9.40. The van der Waals surface area contributed by atoms with Crippen molar-refractivity contribution in [3.05, 3.63) is 112 Å². The van der Waals surface area contributed by atoms with Crippen LogP contribution in [0.2, 0.25) is 0 Å². The van der Waals surface area contributed by atoms with Gasteiger partial charge in [-0.25, -0.2) is 0 Å². The van der Waals surface area contributed by atoms with Crippen molar-refractivity contribution >= 4 is 23.1 Å². The third-order valence-corrected chi connectivity index (χ3v) is 7.27. The van der Waals surface area contributed by atoms with Crippen molar-refractivity contribution in [2.24, 2.45) is 5.41 Å². The van der Waals surface area contributed by atoms with Crippen molar-refractivity contribution in [1.29, 1.82) is 5.41 Å². The van der Waals surface area contributed by atoms with Crippen molar-refractivity contribution in [3.8, 4) is 5.75 Å². The number of aliphatic hydroxyl groups excluding tert-OH is 1. The van der Waals surface area contributed by atoms with Gasteiger partial charge in [0.1, 0.15) is 17.3 Å². The molecule has 0 bridgehead atoms. The number of anilines is 1. The number of nitrogens with one attached hydrogen (secondary N) is 1. The van der Waals surface area contributed by atoms with E-state index >= 15 is 0 Å². The summed E-state index contributed by atoms with van der Waals surface area (Å²) in [4.78, 5) is 15.8. The van der Waals surface area contributed by atoms with E-state index in [2.05, 4.69) is 13.8 Å². The second-order valence-corrected chi connectivity index (χ2v) is 10.7. The normalized spacial score (nSPS) is 20.5. The first-order chi connectivity index (χ1) is 17.7. The molecular formula is C32H32N2O3. The summed E-state index contributed by atoms with van der Waals surface area (Å²) in [5.74, 6) is 0.373. The van der Waals surface area contributed by atoms with Gasteiger partial charge in [-0.1, -0.05) is 74.0 Å². The van der Waals surface area contributed by atoms with E-state index in [-0.39, 0.29) is 22.8 Å². The van der Waals surface area contributed by atoms with Crippen LogP contribution in [0.25, 0.3) is 5.76 Å². The number of methoxy groups -OCH3 is 1. The summed E-state index contributed by atoms with van der Waals surface area (Å²) in [7, 11) is 1.62. The molecule has 188 valence electrons. The van der Waals surface area contributed by atoms with E-state index in [4.69, 9.17) is 4.74 Å². The molecule has 5 nitrogen and oxygen atoms in total. The van der Waals surface area contributed by atoms with Gasteiger partial charge in [-0.3, -0.25) is 15.1 Å². The molecule has 5 rings (SSSR count). The third kappa shape index (κ3) is 4.46. The predicted octanol–water partition coefficient (Wildman–Crippen LogP) is 7.20. The monoisotopic (exact) mass is 492 g/mol. The van der Waals surface area contributed by atoms with E-state index in [1.807, 2.05) is 90.7 Å². The molecule has 2 N–H and O–H groups in total. The number of amidine groups is 1. The molecule has 3 aromatic rings. The lowest BCUT2D eigenvalue weighted by molar-refractivity contribution is -0.118. The molecule has 0 saturated heterocycles. The molecule has 0 radical (unpaired) electrons. The van der Waals surface area contributed by atoms with Crippen LogP contribution in [0.3, 0.4) is 0 Å². The highest BCUT2D eigenvalue weighted by molar-refractivity contribution is 6.19. The van der Waals surface area contributed by atoms with Gasteiger partial charge in [-0.05, 0) is 48.6 Å². The molecule has 0 saturated carbocycles. The highest BCUT2D eigenvalue weighted by Crippen LogP contribution is 2.51. The number of carbonyl (C=O) groups is 1. The van der Waals surface area contributed by atoms with E-state index in [1.165, 1.54) is 0 Å². The van der Waals surface area contributed by atoms with Crippen molar-refractivity contribution in [2.45, 2.75) is 39.5 Å². The number of para-hydroxylation sites is 1. The van der Waals surface area contributed by atoms with Crippen LogP contribution in [-0.4, -0.2) is 23.8 Å². The van der Waals surface area contributed by atoms with Gasteiger partial charge >= 0.3 is 0 Å². The van der Waals surface area contributed by atoms with Crippen LogP contribution in [-0.2, 0) is 4.79 Å². The van der Waals surface area contributed by atoms with Crippen LogP contribution in [0.5, 0.6) is 5.75 Å². The summed E-state index contributed by atoms with van der Waals surface area (Å²) < 4.78 is 5.37. The number of ether oxygens (including phenoxy) is 1. The maximum atomic E-state index is 13.9. The first-order valence-corrected chi connectivity index (χ1v) is 12.5. The number of hydrogen-bond acceptors (Lipinski definition) is 4. The minimum atomic E-state index is -0.571. The quantitative estimate of drug-likeness (QED) is 0.378. The Morgan fingerprint density at radius 3 is 2.24 bits per heavy atom. The molecule has 3 aromatic carbocycles. The lowest BCUT2D eigenvalue weighted by Gasteiger charge is -2.45. The molecule has 2 aliphatic rings. The Balaban J connectivity index is 1.83. The summed E-state index contributed by atoms with van der Waals surface area (Å²) in [5, 5.41) is 21.2. The Labute approximate surface area is 218 Å². The van der Waals surface area contributed by atoms with Crippen LogP contribution < -0.4 is 9.64 Å². The fraction of sp³-hybridized carbons (Fsp3) is 0.250. The van der Waals surface area contributed by atoms with Gasteiger partial charge in [0, 0.05) is 40.4 Å². The van der Waals surface area contributed by atoms with Crippen LogP contribution in [0.4, 0.5) is 5.69 Å². The van der Waals surface area contributed by atoms with E-state index < -0.39 is 5.92 Å². The number of aryl methyl sites for hydroxylation is 1. The van der Waals surface area contributed by atoms with Crippen LogP contribution in [0.15, 0.2) is 95.7 Å². The first-order valence-electron chi connectivity index (χ1n) is 12.5. The van der Waals surface area contributed by atoms with Gasteiger partial charge in [0.05, 0.1) is 7.11 Å². The van der Waals surface area contributed by atoms with Gasteiger partial charge in [0.2, 0.25) is 0 Å². The zero-order chi connectivity index (χ0) is 26.3. The van der Waals surface area contributed by atoms with Crippen molar-refractivity contribution in [2.75, 3.05) is 12.0 Å². The average molecular weight is 493 g/mol. The number of rotatable bonds is 4. The van der Waals surface area contributed by atoms with Crippen molar-refractivity contribution in [3.63, 3.8) is 0 Å². The van der Waals surface area contributed by atoms with E-state index in [0.29, 0.717) is 35.3 Å². The SMILES string of the molecule is COc1ccc(C2C3=C(CC(C)(C)CC3=O)N(c3ccccc3)C(=N)/C2=C(/O)c2ccc(C)cc2)cc1. The highest BCUT2D eigenvalue weighted by Gasteiger charge is 2.46. The molecular weight excluding hydrogens is 460 g/mol. The molecule has 0 aromatic heterocycles. The summed E-state index contributed by atoms with van der Waals surface area (Å²) in [6.07, 6.45) is 1.06. The standard InChI is InChI=1S/C32H32N2O3/c1-20-10-12-22(13-11-20)30(36)29-27(21-14-16-24(37-4)17-15-21)28-25(18-32(2,3)19-26(28)35)34(31(29)33)23-8-6-5-7-9-23/h5-17,27,33,36H,18-19H2,1-4H3/b30-29+,33-31?. The number of benzene rings is 3. The van der Waals surface area contributed by atoms with E-state index in [0.717, 1.165) is 22.5 Å². The van der Waals surface area contributed by atoms with Crippen LogP contribution >= 0.6 is 0 Å². The summed E-state index contributed by atoms with van der Waals surface area (Å²) >= 11 is 0. The zero-order valence-electron chi connectivity index (χ0n) is 21.7. The van der Waals surface area contributed by atoms with Gasteiger partial charge in [0.25, 0.3) is 0 Å². The predicted molar refractivity (Wildman–Crippen MR) is 148 cm³/mol. The lowest BCUT2D eigenvalue weighted by atomic mass is 9.67. The highest BCUT2D eigenvalue weighted by atomic mass is 16.5. The minimum Gasteiger partial charge on any atom is -0.507 e. The molecule has 0 amide bonds.